The Hall–Kier alpha value is -2.91. The molecule has 0 amide bonds. The fraction of sp³-hybridized carbons (Fsp3) is 0.419. The topological polar surface area (TPSA) is 49.8 Å². The van der Waals surface area contributed by atoms with Crippen LogP contribution >= 0.6 is 23.4 Å². The second-order valence-electron chi connectivity index (χ2n) is 15.4. The third-order valence-electron chi connectivity index (χ3n) is 10.7. The van der Waals surface area contributed by atoms with Gasteiger partial charge in [-0.3, -0.25) is 0 Å². The summed E-state index contributed by atoms with van der Waals surface area (Å²) in [5, 5.41) is 0.959. The molecule has 3 aromatic carbocycles. The van der Waals surface area contributed by atoms with Crippen molar-refractivity contribution in [3.8, 4) is 5.88 Å². The molecule has 0 N–H and O–H groups in total. The van der Waals surface area contributed by atoms with Crippen LogP contribution in [-0.4, -0.2) is 38.6 Å². The molecule has 1 saturated heterocycles. The van der Waals surface area contributed by atoms with E-state index in [1.807, 2.05) is 19.1 Å². The first kappa shape index (κ1) is 37.8. The highest BCUT2D eigenvalue weighted by Crippen LogP contribution is 2.55. The molecule has 0 bridgehead atoms. The van der Waals surface area contributed by atoms with Crippen LogP contribution < -0.4 is 4.74 Å². The van der Waals surface area contributed by atoms with Crippen LogP contribution in [0.5, 0.6) is 5.88 Å². The first-order valence-corrected chi connectivity index (χ1v) is 22.4. The van der Waals surface area contributed by atoms with Crippen LogP contribution in [0, 0.1) is 12.8 Å². The van der Waals surface area contributed by atoms with Gasteiger partial charge in [0, 0.05) is 41.2 Å². The van der Waals surface area contributed by atoms with Crippen LogP contribution in [0.15, 0.2) is 102 Å². The summed E-state index contributed by atoms with van der Waals surface area (Å²) in [5.74, 6) is 1.12. The average Bonchev–Trinajstić information content (AvgIpc) is 3.70. The summed E-state index contributed by atoms with van der Waals surface area (Å²) in [7, 11) is -0.0736. The predicted octanol–water partition coefficient (Wildman–Crippen LogP) is 12.0. The Bertz CT molecular complexity index is 1760. The van der Waals surface area contributed by atoms with Crippen LogP contribution in [0.25, 0.3) is 5.57 Å². The van der Waals surface area contributed by atoms with Crippen molar-refractivity contribution in [2.24, 2.45) is 5.92 Å². The summed E-state index contributed by atoms with van der Waals surface area (Å²) in [5.41, 5.74) is 6.19. The number of nitrogens with zero attached hydrogens (tertiary/aromatic N) is 1. The first-order valence-electron chi connectivity index (χ1n) is 18.1. The highest BCUT2D eigenvalue weighted by atomic mass is 35.5. The Morgan fingerprint density at radius 2 is 1.61 bits per heavy atom. The molecule has 51 heavy (non-hydrogen) atoms. The highest BCUT2D eigenvalue weighted by Gasteiger charge is 2.52. The van der Waals surface area contributed by atoms with Crippen molar-refractivity contribution in [3.63, 3.8) is 0 Å². The number of aromatic nitrogens is 1. The second-order valence-corrected chi connectivity index (χ2v) is 21.7. The lowest BCUT2D eigenvalue weighted by molar-refractivity contribution is -0.171. The van der Waals surface area contributed by atoms with Gasteiger partial charge in [0.25, 0.3) is 0 Å². The number of allylic oxidation sites excluding steroid dienone is 1. The van der Waals surface area contributed by atoms with Crippen molar-refractivity contribution in [2.75, 3.05) is 19.5 Å². The van der Waals surface area contributed by atoms with Crippen LogP contribution in [0.4, 0.5) is 0 Å². The number of rotatable bonds is 12. The summed E-state index contributed by atoms with van der Waals surface area (Å²) < 4.78 is 25.9. The van der Waals surface area contributed by atoms with E-state index < -0.39 is 14.1 Å². The second kappa shape index (κ2) is 16.0. The lowest BCUT2D eigenvalue weighted by atomic mass is 9.95. The minimum atomic E-state index is -1.74. The van der Waals surface area contributed by atoms with Gasteiger partial charge in [0.05, 0.1) is 17.8 Å². The van der Waals surface area contributed by atoms with Crippen LogP contribution in [0.3, 0.4) is 0 Å². The molecule has 1 aromatic heterocycles. The summed E-state index contributed by atoms with van der Waals surface area (Å²) in [4.78, 5) is 6.03. The lowest BCUT2D eigenvalue weighted by Gasteiger charge is -2.36. The third kappa shape index (κ3) is 8.84. The van der Waals surface area contributed by atoms with Gasteiger partial charge in [-0.25, -0.2) is 4.98 Å². The van der Waals surface area contributed by atoms with E-state index >= 15 is 0 Å². The maximum atomic E-state index is 7.00. The van der Waals surface area contributed by atoms with Crippen LogP contribution in [-0.2, 0) is 13.9 Å². The molecule has 0 radical (unpaired) electrons. The van der Waals surface area contributed by atoms with E-state index in [1.165, 1.54) is 0 Å². The van der Waals surface area contributed by atoms with Crippen molar-refractivity contribution in [1.82, 2.24) is 4.98 Å². The van der Waals surface area contributed by atoms with Gasteiger partial charge < -0.3 is 18.6 Å². The van der Waals surface area contributed by atoms with Crippen LogP contribution in [0.2, 0.25) is 23.2 Å². The zero-order chi connectivity index (χ0) is 36.2. The van der Waals surface area contributed by atoms with Gasteiger partial charge in [0.1, 0.15) is 12.2 Å². The number of ether oxygens (including phenoxy) is 3. The summed E-state index contributed by atoms with van der Waals surface area (Å²) in [6.07, 6.45) is 5.48. The minimum absolute atomic E-state index is 0.179. The molecule has 4 aromatic rings. The Balaban J connectivity index is 1.23. The zero-order valence-corrected chi connectivity index (χ0v) is 33.7. The van der Waals surface area contributed by atoms with Gasteiger partial charge in [-0.2, -0.15) is 0 Å². The van der Waals surface area contributed by atoms with E-state index in [-0.39, 0.29) is 23.2 Å². The van der Waals surface area contributed by atoms with E-state index in [0.717, 1.165) is 81.5 Å². The number of benzene rings is 3. The summed E-state index contributed by atoms with van der Waals surface area (Å²) in [6, 6.07) is 31.5. The standard InChI is InChI=1S/C43H52ClNO4SSi/c1-30-19-21-37(45-41(30)46-5)35(34-20-22-38(36(44)28-34)50-26-14-25-47-51(6,7)42(2,3)4)27-31-23-24-43(29-31)48-39(32-15-10-8-11-16-32)40(49-43)33-17-12-9-13-18-33/h8-13,15-22,27-28,31,39-40H,14,23-26,29H2,1-7H3/t31-,39-,40-/m1/s1. The van der Waals surface area contributed by atoms with E-state index in [0.29, 0.717) is 5.88 Å². The maximum Gasteiger partial charge on any atom is 0.216 e. The molecule has 2 fully saturated rings. The largest absolute Gasteiger partial charge is 0.481 e. The molecule has 8 heteroatoms. The smallest absolute Gasteiger partial charge is 0.216 e. The molecule has 6 rings (SSSR count). The first-order chi connectivity index (χ1) is 24.4. The predicted molar refractivity (Wildman–Crippen MR) is 213 cm³/mol. The Labute approximate surface area is 315 Å². The monoisotopic (exact) mass is 741 g/mol. The Morgan fingerprint density at radius 3 is 2.20 bits per heavy atom. The SMILES string of the molecule is COc1nc(C(=C[C@H]2CCC3(C2)O[C@H](c2ccccc2)[C@@H](c2ccccc2)O3)c2ccc(SCCCO[Si](C)(C)C(C)(C)C)c(Cl)c2)ccc1C. The number of aryl methyl sites for hydroxylation is 1. The number of pyridine rings is 1. The van der Waals surface area contributed by atoms with Crippen molar-refractivity contribution in [2.45, 2.75) is 94.4 Å². The van der Waals surface area contributed by atoms with Gasteiger partial charge in [-0.15, -0.1) is 11.8 Å². The molecule has 2 aliphatic rings. The number of thioether (sulfide) groups is 1. The molecule has 2 heterocycles. The number of hydrogen-bond acceptors (Lipinski definition) is 6. The van der Waals surface area contributed by atoms with Crippen molar-refractivity contribution < 1.29 is 18.6 Å². The molecule has 1 spiro atoms. The van der Waals surface area contributed by atoms with E-state index in [1.54, 1.807) is 18.9 Å². The van der Waals surface area contributed by atoms with E-state index in [2.05, 4.69) is 119 Å². The molecular formula is C43H52ClNO4SSi. The van der Waals surface area contributed by atoms with Gasteiger partial charge >= 0.3 is 0 Å². The van der Waals surface area contributed by atoms with Gasteiger partial charge in [0.15, 0.2) is 14.1 Å². The highest BCUT2D eigenvalue weighted by molar-refractivity contribution is 7.99. The summed E-state index contributed by atoms with van der Waals surface area (Å²) >= 11 is 8.78. The number of hydrogen-bond donors (Lipinski definition) is 0. The molecule has 270 valence electrons. The quantitative estimate of drug-likeness (QED) is 0.0818. The van der Waals surface area contributed by atoms with E-state index in [4.69, 9.17) is 35.2 Å². The fourth-order valence-electron chi connectivity index (χ4n) is 6.75. The molecule has 5 nitrogen and oxygen atoms in total. The Kier molecular flexibility index (Phi) is 11.9. The van der Waals surface area contributed by atoms with Crippen molar-refractivity contribution in [3.05, 3.63) is 130 Å². The molecule has 3 atom stereocenters. The molecule has 0 unspecified atom stereocenters. The van der Waals surface area contributed by atoms with Gasteiger partial charge in [-0.05, 0) is 78.7 Å². The van der Waals surface area contributed by atoms with Gasteiger partial charge in [-0.1, -0.05) is 111 Å². The van der Waals surface area contributed by atoms with Crippen LogP contribution in [0.1, 0.15) is 86.6 Å². The number of halogens is 1. The third-order valence-corrected chi connectivity index (χ3v) is 16.8. The van der Waals surface area contributed by atoms with Crippen molar-refractivity contribution in [1.29, 1.82) is 0 Å². The van der Waals surface area contributed by atoms with Gasteiger partial charge in [0.2, 0.25) is 5.88 Å². The lowest BCUT2D eigenvalue weighted by Crippen LogP contribution is -2.41. The molecule has 1 aliphatic heterocycles. The summed E-state index contributed by atoms with van der Waals surface area (Å²) in [6.45, 7) is 14.3. The maximum absolute atomic E-state index is 7.00. The molecular weight excluding hydrogens is 690 g/mol. The molecule has 1 saturated carbocycles. The molecule has 1 aliphatic carbocycles. The zero-order valence-electron chi connectivity index (χ0n) is 31.1. The van der Waals surface area contributed by atoms with Crippen molar-refractivity contribution >= 4 is 37.3 Å². The fourth-order valence-corrected chi connectivity index (χ4v) is 9.03. The number of methoxy groups -OCH3 is 1. The average molecular weight is 742 g/mol. The Morgan fingerprint density at radius 1 is 0.961 bits per heavy atom. The normalized spacial score (nSPS) is 20.6. The minimum Gasteiger partial charge on any atom is -0.481 e. The van der Waals surface area contributed by atoms with E-state index in [9.17, 15) is 0 Å².